The number of rotatable bonds is 7. The number of carbonyl (C=O) groups is 2. The van der Waals surface area contributed by atoms with Gasteiger partial charge in [-0.2, -0.15) is 13.2 Å². The number of carboxylic acid groups (broad SMARTS) is 1. The first-order valence-corrected chi connectivity index (χ1v) is 8.65. The van der Waals surface area contributed by atoms with Gasteiger partial charge in [0.05, 0.1) is 0 Å². The van der Waals surface area contributed by atoms with Crippen LogP contribution in [0, 0.1) is 0 Å². The summed E-state index contributed by atoms with van der Waals surface area (Å²) in [4.78, 5) is 23.2. The Labute approximate surface area is 159 Å². The van der Waals surface area contributed by atoms with E-state index in [4.69, 9.17) is 9.84 Å². The van der Waals surface area contributed by atoms with Gasteiger partial charge in [0.15, 0.2) is 0 Å². The highest BCUT2D eigenvalue weighted by Crippen LogP contribution is 2.44. The van der Waals surface area contributed by atoms with Gasteiger partial charge in [0, 0.05) is 6.42 Å². The monoisotopic (exact) mass is 393 g/mol. The summed E-state index contributed by atoms with van der Waals surface area (Å²) < 4.78 is 42.7. The molecule has 3 rings (SSSR count). The van der Waals surface area contributed by atoms with Crippen molar-refractivity contribution in [1.29, 1.82) is 0 Å². The lowest BCUT2D eigenvalue weighted by Crippen LogP contribution is -2.43. The fourth-order valence-corrected chi connectivity index (χ4v) is 3.25. The van der Waals surface area contributed by atoms with E-state index >= 15 is 0 Å². The highest BCUT2D eigenvalue weighted by molar-refractivity contribution is 5.84. The first kappa shape index (κ1) is 19.9. The molecule has 0 spiro atoms. The average molecular weight is 393 g/mol. The van der Waals surface area contributed by atoms with E-state index in [0.29, 0.717) is 0 Å². The maximum Gasteiger partial charge on any atom is 0.389 e. The molecule has 1 amide bonds. The summed E-state index contributed by atoms with van der Waals surface area (Å²) in [6, 6.07) is 13.5. The normalized spacial score (nSPS) is 14.2. The van der Waals surface area contributed by atoms with Gasteiger partial charge < -0.3 is 15.2 Å². The van der Waals surface area contributed by atoms with Crippen LogP contribution >= 0.6 is 0 Å². The molecule has 8 heteroatoms. The first-order valence-electron chi connectivity index (χ1n) is 8.65. The third kappa shape index (κ3) is 4.51. The number of alkyl halides is 3. The molecule has 5 nitrogen and oxygen atoms in total. The number of nitrogens with one attached hydrogen (secondary N) is 1. The molecule has 2 aromatic carbocycles. The number of aliphatic carboxylic acids is 1. The van der Waals surface area contributed by atoms with E-state index in [-0.39, 0.29) is 0 Å². The number of halogens is 3. The van der Waals surface area contributed by atoms with Crippen molar-refractivity contribution in [3.63, 3.8) is 0 Å². The molecule has 1 aliphatic carbocycles. The van der Waals surface area contributed by atoms with Gasteiger partial charge in [0.1, 0.15) is 18.8 Å². The SMILES string of the molecule is O=C(COC1c2ccccc2-c2ccccc21)NC(CCC(F)(F)F)C(=O)O. The average Bonchev–Trinajstić information content (AvgIpc) is 2.96. The molecule has 148 valence electrons. The van der Waals surface area contributed by atoms with Crippen LogP contribution < -0.4 is 5.32 Å². The minimum Gasteiger partial charge on any atom is -0.480 e. The van der Waals surface area contributed by atoms with Crippen molar-refractivity contribution in [2.45, 2.75) is 31.2 Å². The number of ether oxygens (including phenoxy) is 1. The Balaban J connectivity index is 1.65. The zero-order chi connectivity index (χ0) is 20.3. The van der Waals surface area contributed by atoms with Gasteiger partial charge in [0.25, 0.3) is 0 Å². The summed E-state index contributed by atoms with van der Waals surface area (Å²) in [6.07, 6.45) is -7.03. The Bertz CT molecular complexity index is 836. The maximum atomic E-state index is 12.3. The molecule has 0 saturated heterocycles. The van der Waals surface area contributed by atoms with Gasteiger partial charge in [-0.05, 0) is 28.7 Å². The van der Waals surface area contributed by atoms with E-state index in [1.165, 1.54) is 0 Å². The van der Waals surface area contributed by atoms with E-state index in [0.717, 1.165) is 22.3 Å². The molecule has 0 heterocycles. The number of carbonyl (C=O) groups excluding carboxylic acids is 1. The maximum absolute atomic E-state index is 12.3. The quantitative estimate of drug-likeness (QED) is 0.753. The Morgan fingerprint density at radius 3 is 2.07 bits per heavy atom. The predicted octanol–water partition coefficient (Wildman–Crippen LogP) is 3.68. The second-order valence-corrected chi connectivity index (χ2v) is 6.48. The van der Waals surface area contributed by atoms with Gasteiger partial charge in [0.2, 0.25) is 5.91 Å². The minimum atomic E-state index is -4.49. The summed E-state index contributed by atoms with van der Waals surface area (Å²) in [5, 5.41) is 11.1. The van der Waals surface area contributed by atoms with Crippen LogP contribution in [0.5, 0.6) is 0 Å². The van der Waals surface area contributed by atoms with Crippen LogP contribution in [0.25, 0.3) is 11.1 Å². The zero-order valence-corrected chi connectivity index (χ0v) is 14.7. The van der Waals surface area contributed by atoms with Crippen molar-refractivity contribution in [2.75, 3.05) is 6.61 Å². The smallest absolute Gasteiger partial charge is 0.389 e. The van der Waals surface area contributed by atoms with Crippen LogP contribution in [0.3, 0.4) is 0 Å². The van der Waals surface area contributed by atoms with Crippen LogP contribution in [-0.4, -0.2) is 35.8 Å². The fourth-order valence-electron chi connectivity index (χ4n) is 3.25. The van der Waals surface area contributed by atoms with Gasteiger partial charge in [-0.25, -0.2) is 4.79 Å². The molecular weight excluding hydrogens is 375 g/mol. The zero-order valence-electron chi connectivity index (χ0n) is 14.7. The lowest BCUT2D eigenvalue weighted by molar-refractivity contribution is -0.149. The molecule has 2 aromatic rings. The summed E-state index contributed by atoms with van der Waals surface area (Å²) >= 11 is 0. The minimum absolute atomic E-state index is 0.469. The molecule has 0 radical (unpaired) electrons. The van der Waals surface area contributed by atoms with Gasteiger partial charge in [-0.15, -0.1) is 0 Å². The number of fused-ring (bicyclic) bond motifs is 3. The largest absolute Gasteiger partial charge is 0.480 e. The summed E-state index contributed by atoms with van der Waals surface area (Å²) in [5.74, 6) is -2.30. The molecule has 2 N–H and O–H groups in total. The highest BCUT2D eigenvalue weighted by atomic mass is 19.4. The van der Waals surface area contributed by atoms with Crippen LogP contribution in [0.2, 0.25) is 0 Å². The highest BCUT2D eigenvalue weighted by Gasteiger charge is 2.32. The van der Waals surface area contributed by atoms with Crippen molar-refractivity contribution >= 4 is 11.9 Å². The van der Waals surface area contributed by atoms with Crippen molar-refractivity contribution in [3.8, 4) is 11.1 Å². The Kier molecular flexibility index (Phi) is 5.69. The predicted molar refractivity (Wildman–Crippen MR) is 94.5 cm³/mol. The van der Waals surface area contributed by atoms with E-state index in [1.54, 1.807) is 0 Å². The molecule has 0 aliphatic heterocycles. The van der Waals surface area contributed by atoms with Crippen LogP contribution in [-0.2, 0) is 14.3 Å². The van der Waals surface area contributed by atoms with Crippen LogP contribution in [0.4, 0.5) is 13.2 Å². The van der Waals surface area contributed by atoms with Crippen LogP contribution in [0.15, 0.2) is 48.5 Å². The van der Waals surface area contributed by atoms with Crippen LogP contribution in [0.1, 0.15) is 30.1 Å². The molecule has 1 atom stereocenters. The number of carboxylic acids is 1. The van der Waals surface area contributed by atoms with E-state index in [1.807, 2.05) is 48.5 Å². The summed E-state index contributed by atoms with van der Waals surface area (Å²) in [5.41, 5.74) is 3.72. The Hall–Kier alpha value is -2.87. The number of benzene rings is 2. The van der Waals surface area contributed by atoms with Crippen molar-refractivity contribution in [1.82, 2.24) is 5.32 Å². The topological polar surface area (TPSA) is 75.6 Å². The van der Waals surface area contributed by atoms with E-state index in [9.17, 15) is 22.8 Å². The molecule has 0 saturated carbocycles. The van der Waals surface area contributed by atoms with Crippen molar-refractivity contribution < 1.29 is 32.6 Å². The fraction of sp³-hybridized carbons (Fsp3) is 0.300. The van der Waals surface area contributed by atoms with Crippen molar-refractivity contribution in [3.05, 3.63) is 59.7 Å². The second-order valence-electron chi connectivity index (χ2n) is 6.48. The van der Waals surface area contributed by atoms with E-state index in [2.05, 4.69) is 5.32 Å². The number of hydrogen-bond acceptors (Lipinski definition) is 3. The first-order chi connectivity index (χ1) is 13.3. The van der Waals surface area contributed by atoms with Gasteiger partial charge >= 0.3 is 12.1 Å². The molecule has 1 aliphatic rings. The standard InChI is InChI=1S/C20H18F3NO4/c21-20(22,23)10-9-16(19(26)27)24-17(25)11-28-18-14-7-3-1-5-12(14)13-6-2-4-8-15(13)18/h1-8,16,18H,9-11H2,(H,24,25)(H,26,27). The molecule has 28 heavy (non-hydrogen) atoms. The third-order valence-electron chi connectivity index (χ3n) is 4.51. The number of amides is 1. The van der Waals surface area contributed by atoms with E-state index < -0.39 is 49.6 Å². The Morgan fingerprint density at radius 1 is 1.04 bits per heavy atom. The molecular formula is C20H18F3NO4. The van der Waals surface area contributed by atoms with Gasteiger partial charge in [-0.3, -0.25) is 4.79 Å². The summed E-state index contributed by atoms with van der Waals surface area (Å²) in [7, 11) is 0. The second kappa shape index (κ2) is 8.02. The van der Waals surface area contributed by atoms with Gasteiger partial charge in [-0.1, -0.05) is 48.5 Å². The molecule has 0 fully saturated rings. The Morgan fingerprint density at radius 2 is 1.57 bits per heavy atom. The molecule has 0 aromatic heterocycles. The lowest BCUT2D eigenvalue weighted by Gasteiger charge is -2.18. The third-order valence-corrected chi connectivity index (χ3v) is 4.51. The lowest BCUT2D eigenvalue weighted by atomic mass is 10.1. The van der Waals surface area contributed by atoms with Crippen molar-refractivity contribution in [2.24, 2.45) is 0 Å². The molecule has 1 unspecified atom stereocenters. The molecule has 0 bridgehead atoms. The summed E-state index contributed by atoms with van der Waals surface area (Å²) in [6.45, 7) is -0.469. The number of hydrogen-bond donors (Lipinski definition) is 2.